The number of anilines is 1. The molecule has 132 valence electrons. The van der Waals surface area contributed by atoms with Crippen LogP contribution in [0, 0.1) is 0 Å². The van der Waals surface area contributed by atoms with Crippen LogP contribution in [0.25, 0.3) is 11.3 Å². The number of methoxy groups -OCH3 is 1. The molecule has 0 aliphatic carbocycles. The Bertz CT molecular complexity index is 966. The van der Waals surface area contributed by atoms with E-state index in [1.807, 2.05) is 24.3 Å². The molecule has 0 bridgehead atoms. The first-order valence-corrected chi connectivity index (χ1v) is 8.37. The normalized spacial score (nSPS) is 13.3. The number of amides is 1. The van der Waals surface area contributed by atoms with E-state index >= 15 is 0 Å². The standard InChI is InChI=1S/C19H19N5O2/c1-26-14-4-2-3-12(9-14)18-15-11-24(8-6-16(15)22-23-18)17-10-13(19(20)25)5-7-21-17/h2-5,7,9-10H,6,8,11H2,1H3,(H2,20,25)(H,22,23). The molecule has 3 aromatic rings. The number of carbonyl (C=O) groups is 1. The Balaban J connectivity index is 1.67. The van der Waals surface area contributed by atoms with Crippen LogP contribution in [-0.4, -0.2) is 34.7 Å². The molecule has 7 nitrogen and oxygen atoms in total. The Labute approximate surface area is 150 Å². The number of benzene rings is 1. The lowest BCUT2D eigenvalue weighted by molar-refractivity contribution is 0.1000. The molecule has 0 saturated heterocycles. The van der Waals surface area contributed by atoms with Gasteiger partial charge in [-0.1, -0.05) is 12.1 Å². The molecule has 0 atom stereocenters. The number of fused-ring (bicyclic) bond motifs is 1. The second-order valence-corrected chi connectivity index (χ2v) is 6.20. The molecular formula is C19H19N5O2. The summed E-state index contributed by atoms with van der Waals surface area (Å²) in [5.74, 6) is 1.08. The van der Waals surface area contributed by atoms with Crippen molar-refractivity contribution in [3.63, 3.8) is 0 Å². The number of pyridine rings is 1. The molecule has 0 radical (unpaired) electrons. The molecule has 4 rings (SSSR count). The van der Waals surface area contributed by atoms with Gasteiger partial charge < -0.3 is 15.4 Å². The summed E-state index contributed by atoms with van der Waals surface area (Å²) < 4.78 is 5.32. The van der Waals surface area contributed by atoms with Crippen LogP contribution in [0.5, 0.6) is 5.75 Å². The van der Waals surface area contributed by atoms with Crippen molar-refractivity contribution in [1.82, 2.24) is 15.2 Å². The van der Waals surface area contributed by atoms with Crippen molar-refractivity contribution in [1.29, 1.82) is 0 Å². The third kappa shape index (κ3) is 2.88. The third-order valence-corrected chi connectivity index (χ3v) is 4.63. The predicted molar refractivity (Wildman–Crippen MR) is 98.1 cm³/mol. The number of carbonyl (C=O) groups excluding carboxylic acids is 1. The topological polar surface area (TPSA) is 97.1 Å². The highest BCUT2D eigenvalue weighted by Gasteiger charge is 2.24. The van der Waals surface area contributed by atoms with Crippen molar-refractivity contribution in [2.75, 3.05) is 18.6 Å². The highest BCUT2D eigenvalue weighted by Crippen LogP contribution is 2.31. The molecule has 1 amide bonds. The highest BCUT2D eigenvalue weighted by molar-refractivity contribution is 5.93. The molecule has 1 aromatic carbocycles. The molecule has 7 heteroatoms. The zero-order valence-electron chi connectivity index (χ0n) is 14.4. The summed E-state index contributed by atoms with van der Waals surface area (Å²) in [6.45, 7) is 1.45. The minimum absolute atomic E-state index is 0.452. The molecule has 1 aliphatic heterocycles. The van der Waals surface area contributed by atoms with Gasteiger partial charge in [-0.15, -0.1) is 0 Å². The third-order valence-electron chi connectivity index (χ3n) is 4.63. The van der Waals surface area contributed by atoms with Crippen molar-refractivity contribution in [3.05, 3.63) is 59.4 Å². The van der Waals surface area contributed by atoms with Crippen LogP contribution < -0.4 is 15.4 Å². The number of rotatable bonds is 4. The number of hydrogen-bond acceptors (Lipinski definition) is 5. The zero-order valence-corrected chi connectivity index (χ0v) is 14.4. The van der Waals surface area contributed by atoms with Crippen molar-refractivity contribution in [2.24, 2.45) is 5.73 Å². The lowest BCUT2D eigenvalue weighted by Gasteiger charge is -2.28. The first kappa shape index (κ1) is 16.1. The number of nitrogens with one attached hydrogen (secondary N) is 1. The van der Waals surface area contributed by atoms with Gasteiger partial charge in [0.15, 0.2) is 0 Å². The van der Waals surface area contributed by atoms with E-state index in [0.717, 1.165) is 47.0 Å². The number of nitrogens with two attached hydrogens (primary N) is 1. The largest absolute Gasteiger partial charge is 0.497 e. The Morgan fingerprint density at radius 3 is 3.00 bits per heavy atom. The number of aromatic nitrogens is 3. The summed E-state index contributed by atoms with van der Waals surface area (Å²) >= 11 is 0. The lowest BCUT2D eigenvalue weighted by Crippen LogP contribution is -2.31. The molecule has 2 aromatic heterocycles. The van der Waals surface area contributed by atoms with Gasteiger partial charge >= 0.3 is 0 Å². The van der Waals surface area contributed by atoms with E-state index in [9.17, 15) is 4.79 Å². The summed E-state index contributed by atoms with van der Waals surface area (Å²) in [6, 6.07) is 11.2. The maximum Gasteiger partial charge on any atom is 0.248 e. The first-order chi connectivity index (χ1) is 12.7. The summed E-state index contributed by atoms with van der Waals surface area (Å²) in [7, 11) is 1.65. The minimum Gasteiger partial charge on any atom is -0.497 e. The van der Waals surface area contributed by atoms with E-state index < -0.39 is 5.91 Å². The van der Waals surface area contributed by atoms with Crippen LogP contribution in [0.3, 0.4) is 0 Å². The lowest BCUT2D eigenvalue weighted by atomic mass is 10.0. The Morgan fingerprint density at radius 1 is 1.31 bits per heavy atom. The van der Waals surface area contributed by atoms with Crippen LogP contribution in [-0.2, 0) is 13.0 Å². The van der Waals surface area contributed by atoms with E-state index in [0.29, 0.717) is 12.1 Å². The monoisotopic (exact) mass is 349 g/mol. The zero-order chi connectivity index (χ0) is 18.1. The van der Waals surface area contributed by atoms with Crippen LogP contribution in [0.2, 0.25) is 0 Å². The molecule has 0 fully saturated rings. The predicted octanol–water partition coefficient (Wildman–Crippen LogP) is 2.14. The van der Waals surface area contributed by atoms with Crippen molar-refractivity contribution >= 4 is 11.7 Å². The van der Waals surface area contributed by atoms with Crippen LogP contribution in [0.15, 0.2) is 42.6 Å². The number of hydrogen-bond donors (Lipinski definition) is 2. The SMILES string of the molecule is COc1cccc(-c2n[nH]c3c2CN(c2cc(C(N)=O)ccn2)CC3)c1. The second-order valence-electron chi connectivity index (χ2n) is 6.20. The average Bonchev–Trinajstić information content (AvgIpc) is 3.11. The molecule has 3 heterocycles. The molecule has 26 heavy (non-hydrogen) atoms. The van der Waals surface area contributed by atoms with Gasteiger partial charge in [0.05, 0.1) is 12.8 Å². The molecular weight excluding hydrogens is 330 g/mol. The molecule has 0 saturated carbocycles. The van der Waals surface area contributed by atoms with Crippen molar-refractivity contribution in [3.8, 4) is 17.0 Å². The number of ether oxygens (including phenoxy) is 1. The first-order valence-electron chi connectivity index (χ1n) is 8.37. The van der Waals surface area contributed by atoms with Gasteiger partial charge in [-0.05, 0) is 24.3 Å². The molecule has 0 unspecified atom stereocenters. The number of nitrogens with zero attached hydrogens (tertiary/aromatic N) is 3. The molecule has 1 aliphatic rings. The Hall–Kier alpha value is -3.35. The number of aromatic amines is 1. The second kappa shape index (κ2) is 6.51. The quantitative estimate of drug-likeness (QED) is 0.752. The fraction of sp³-hybridized carbons (Fsp3) is 0.211. The fourth-order valence-electron chi connectivity index (χ4n) is 3.24. The van der Waals surface area contributed by atoms with Crippen molar-refractivity contribution in [2.45, 2.75) is 13.0 Å². The Kier molecular flexibility index (Phi) is 4.04. The summed E-state index contributed by atoms with van der Waals surface area (Å²) in [6.07, 6.45) is 2.44. The maximum absolute atomic E-state index is 11.4. The maximum atomic E-state index is 11.4. The van der Waals surface area contributed by atoms with Gasteiger partial charge in [0.25, 0.3) is 0 Å². The number of H-pyrrole nitrogens is 1. The van der Waals surface area contributed by atoms with Crippen LogP contribution in [0.1, 0.15) is 21.6 Å². The van der Waals surface area contributed by atoms with E-state index in [1.165, 1.54) is 0 Å². The van der Waals surface area contributed by atoms with Crippen LogP contribution >= 0.6 is 0 Å². The Morgan fingerprint density at radius 2 is 2.19 bits per heavy atom. The smallest absolute Gasteiger partial charge is 0.248 e. The van der Waals surface area contributed by atoms with Gasteiger partial charge in [0, 0.05) is 48.1 Å². The van der Waals surface area contributed by atoms with E-state index in [2.05, 4.69) is 20.1 Å². The van der Waals surface area contributed by atoms with E-state index in [4.69, 9.17) is 10.5 Å². The van der Waals surface area contributed by atoms with Crippen molar-refractivity contribution < 1.29 is 9.53 Å². The van der Waals surface area contributed by atoms with Gasteiger partial charge in [-0.25, -0.2) is 4.98 Å². The fourth-order valence-corrected chi connectivity index (χ4v) is 3.24. The average molecular weight is 349 g/mol. The van der Waals surface area contributed by atoms with Crippen LogP contribution in [0.4, 0.5) is 5.82 Å². The number of primary amides is 1. The van der Waals surface area contributed by atoms with Gasteiger partial charge in [0.1, 0.15) is 11.6 Å². The molecule has 0 spiro atoms. The van der Waals surface area contributed by atoms with Gasteiger partial charge in [-0.3, -0.25) is 9.89 Å². The summed E-state index contributed by atoms with van der Waals surface area (Å²) in [5, 5.41) is 7.67. The van der Waals surface area contributed by atoms with Gasteiger partial charge in [-0.2, -0.15) is 5.10 Å². The van der Waals surface area contributed by atoms with Gasteiger partial charge in [0.2, 0.25) is 5.91 Å². The van der Waals surface area contributed by atoms with E-state index in [-0.39, 0.29) is 0 Å². The minimum atomic E-state index is -0.452. The summed E-state index contributed by atoms with van der Waals surface area (Å²) in [5.41, 5.74) is 10.0. The van der Waals surface area contributed by atoms with E-state index in [1.54, 1.807) is 25.4 Å². The molecule has 3 N–H and O–H groups in total. The summed E-state index contributed by atoms with van der Waals surface area (Å²) in [4.78, 5) is 18.0. The highest BCUT2D eigenvalue weighted by atomic mass is 16.5.